The van der Waals surface area contributed by atoms with E-state index >= 15 is 0 Å². The number of benzene rings is 1. The summed E-state index contributed by atoms with van der Waals surface area (Å²) in [7, 11) is 0. The summed E-state index contributed by atoms with van der Waals surface area (Å²) in [5.41, 5.74) is 0.850. The molecule has 0 bridgehead atoms. The van der Waals surface area contributed by atoms with Crippen LogP contribution in [0.1, 0.15) is 30.9 Å². The molecule has 1 atom stereocenters. The van der Waals surface area contributed by atoms with Crippen molar-refractivity contribution >= 4 is 0 Å². The fourth-order valence-electron chi connectivity index (χ4n) is 3.04. The van der Waals surface area contributed by atoms with Crippen LogP contribution in [0.4, 0.5) is 8.78 Å². The van der Waals surface area contributed by atoms with Gasteiger partial charge in [-0.2, -0.15) is 0 Å². The Morgan fingerprint density at radius 2 is 2.10 bits per heavy atom. The van der Waals surface area contributed by atoms with E-state index in [9.17, 15) is 8.78 Å². The summed E-state index contributed by atoms with van der Waals surface area (Å²) in [5, 5.41) is 3.36. The molecule has 21 heavy (non-hydrogen) atoms. The first-order chi connectivity index (χ1) is 10.0. The van der Waals surface area contributed by atoms with Gasteiger partial charge in [-0.25, -0.2) is 8.78 Å². The minimum absolute atomic E-state index is 0.00511. The molecular formula is C16H21F2NO2. The van der Waals surface area contributed by atoms with Crippen molar-refractivity contribution in [2.24, 2.45) is 5.92 Å². The molecule has 1 aromatic carbocycles. The molecule has 0 radical (unpaired) electrons. The molecule has 0 amide bonds. The fraction of sp³-hybridized carbons (Fsp3) is 0.625. The van der Waals surface area contributed by atoms with Crippen LogP contribution in [-0.2, 0) is 12.3 Å². The number of piperidine rings is 1. The van der Waals surface area contributed by atoms with Gasteiger partial charge >= 0.3 is 0 Å². The molecule has 1 unspecified atom stereocenters. The average molecular weight is 297 g/mol. The average Bonchev–Trinajstić information content (AvgIpc) is 2.47. The number of ether oxygens (including phenoxy) is 2. The molecule has 5 heteroatoms. The normalized spacial score (nSPS) is 22.1. The fourth-order valence-corrected chi connectivity index (χ4v) is 3.04. The molecule has 1 N–H and O–H groups in total. The van der Waals surface area contributed by atoms with Crippen molar-refractivity contribution in [2.45, 2.75) is 32.1 Å². The Hall–Kier alpha value is -1.36. The lowest BCUT2D eigenvalue weighted by molar-refractivity contribution is 0.0168. The second kappa shape index (κ2) is 5.79. The van der Waals surface area contributed by atoms with Gasteiger partial charge in [-0.1, -0.05) is 0 Å². The number of nitrogens with one attached hydrogen (secondary N) is 1. The maximum atomic E-state index is 13.7. The van der Waals surface area contributed by atoms with E-state index < -0.39 is 5.92 Å². The predicted molar refractivity (Wildman–Crippen MR) is 76.3 cm³/mol. The Morgan fingerprint density at radius 1 is 1.29 bits per heavy atom. The summed E-state index contributed by atoms with van der Waals surface area (Å²) in [4.78, 5) is 0. The van der Waals surface area contributed by atoms with Crippen LogP contribution in [0.25, 0.3) is 0 Å². The Kier molecular flexibility index (Phi) is 4.02. The van der Waals surface area contributed by atoms with Gasteiger partial charge in [-0.05, 0) is 56.0 Å². The van der Waals surface area contributed by atoms with Crippen molar-refractivity contribution in [1.82, 2.24) is 5.32 Å². The molecule has 1 aromatic rings. The van der Waals surface area contributed by atoms with E-state index in [1.54, 1.807) is 6.07 Å². The van der Waals surface area contributed by atoms with Crippen molar-refractivity contribution in [3.63, 3.8) is 0 Å². The third-order valence-corrected chi connectivity index (χ3v) is 4.13. The summed E-state index contributed by atoms with van der Waals surface area (Å²) in [6.07, 6.45) is 3.01. The van der Waals surface area contributed by atoms with E-state index in [0.717, 1.165) is 44.8 Å². The lowest BCUT2D eigenvalue weighted by atomic mass is 9.90. The second-order valence-corrected chi connectivity index (χ2v) is 5.96. The largest absolute Gasteiger partial charge is 0.486 e. The molecule has 116 valence electrons. The van der Waals surface area contributed by atoms with Crippen LogP contribution in [0.5, 0.6) is 11.5 Å². The molecule has 2 aliphatic heterocycles. The maximum absolute atomic E-state index is 13.7. The molecular weight excluding hydrogens is 276 g/mol. The Bertz CT molecular complexity index is 508. The highest BCUT2D eigenvalue weighted by Gasteiger charge is 2.29. The quantitative estimate of drug-likeness (QED) is 0.930. The van der Waals surface area contributed by atoms with Gasteiger partial charge in [0.15, 0.2) is 11.5 Å². The van der Waals surface area contributed by atoms with Gasteiger partial charge in [0.25, 0.3) is 5.92 Å². The molecule has 1 saturated heterocycles. The third kappa shape index (κ3) is 3.28. The standard InChI is InChI=1S/C16H21F2NO2/c1-16(17,18)13-8-12(7-11-3-2-4-19-10-11)15-14(9-13)20-5-6-21-15/h8-9,11,19H,2-7,10H2,1H3. The number of fused-ring (bicyclic) bond motifs is 1. The molecule has 0 spiro atoms. The zero-order valence-corrected chi connectivity index (χ0v) is 12.3. The number of hydrogen-bond acceptors (Lipinski definition) is 3. The first kappa shape index (κ1) is 14.6. The van der Waals surface area contributed by atoms with Crippen LogP contribution >= 0.6 is 0 Å². The highest BCUT2D eigenvalue weighted by atomic mass is 19.3. The summed E-state index contributed by atoms with van der Waals surface area (Å²) >= 11 is 0. The number of hydrogen-bond donors (Lipinski definition) is 1. The number of alkyl halides is 2. The molecule has 2 aliphatic rings. The first-order valence-corrected chi connectivity index (χ1v) is 7.55. The van der Waals surface area contributed by atoms with Crippen LogP contribution in [0, 0.1) is 5.92 Å². The third-order valence-electron chi connectivity index (χ3n) is 4.13. The van der Waals surface area contributed by atoms with Crippen molar-refractivity contribution in [3.05, 3.63) is 23.3 Å². The van der Waals surface area contributed by atoms with Crippen LogP contribution in [0.3, 0.4) is 0 Å². The molecule has 0 saturated carbocycles. The molecule has 3 nitrogen and oxygen atoms in total. The predicted octanol–water partition coefficient (Wildman–Crippen LogP) is 3.11. The Balaban J connectivity index is 1.92. The monoisotopic (exact) mass is 297 g/mol. The van der Waals surface area contributed by atoms with E-state index in [4.69, 9.17) is 9.47 Å². The highest BCUT2D eigenvalue weighted by molar-refractivity contribution is 5.51. The smallest absolute Gasteiger partial charge is 0.270 e. The minimum Gasteiger partial charge on any atom is -0.486 e. The number of halogens is 2. The molecule has 1 fully saturated rings. The summed E-state index contributed by atoms with van der Waals surface area (Å²) in [6.45, 7) is 3.79. The van der Waals surface area contributed by atoms with Crippen molar-refractivity contribution in [2.75, 3.05) is 26.3 Å². The van der Waals surface area contributed by atoms with E-state index in [0.29, 0.717) is 30.6 Å². The van der Waals surface area contributed by atoms with Gasteiger partial charge in [0.1, 0.15) is 13.2 Å². The van der Waals surface area contributed by atoms with Crippen molar-refractivity contribution in [3.8, 4) is 11.5 Å². The van der Waals surface area contributed by atoms with Gasteiger partial charge in [0.2, 0.25) is 0 Å². The van der Waals surface area contributed by atoms with Crippen molar-refractivity contribution < 1.29 is 18.3 Å². The number of rotatable bonds is 3. The Morgan fingerprint density at radius 3 is 2.81 bits per heavy atom. The first-order valence-electron chi connectivity index (χ1n) is 7.55. The van der Waals surface area contributed by atoms with Gasteiger partial charge in [-0.15, -0.1) is 0 Å². The van der Waals surface area contributed by atoms with E-state index in [-0.39, 0.29) is 5.56 Å². The zero-order chi connectivity index (χ0) is 14.9. The summed E-state index contributed by atoms with van der Waals surface area (Å²) in [5.74, 6) is -1.29. The molecule has 0 aliphatic carbocycles. The topological polar surface area (TPSA) is 30.5 Å². The van der Waals surface area contributed by atoms with Gasteiger partial charge < -0.3 is 14.8 Å². The SMILES string of the molecule is CC(F)(F)c1cc(CC2CCCNC2)c2c(c1)OCCO2. The van der Waals surface area contributed by atoms with Crippen LogP contribution in [0.2, 0.25) is 0 Å². The van der Waals surface area contributed by atoms with E-state index in [2.05, 4.69) is 5.32 Å². The van der Waals surface area contributed by atoms with E-state index in [1.807, 2.05) is 0 Å². The molecule has 0 aromatic heterocycles. The van der Waals surface area contributed by atoms with Crippen LogP contribution in [-0.4, -0.2) is 26.3 Å². The molecule has 3 rings (SSSR count). The van der Waals surface area contributed by atoms with Crippen LogP contribution < -0.4 is 14.8 Å². The van der Waals surface area contributed by atoms with E-state index in [1.165, 1.54) is 6.07 Å². The van der Waals surface area contributed by atoms with Crippen molar-refractivity contribution in [1.29, 1.82) is 0 Å². The minimum atomic E-state index is -2.87. The van der Waals surface area contributed by atoms with Gasteiger partial charge in [0.05, 0.1) is 0 Å². The lowest BCUT2D eigenvalue weighted by Gasteiger charge is -2.27. The Labute approximate surface area is 123 Å². The molecule has 2 heterocycles. The summed E-state index contributed by atoms with van der Waals surface area (Å²) < 4.78 is 38.5. The van der Waals surface area contributed by atoms with Gasteiger partial charge in [-0.3, -0.25) is 0 Å². The zero-order valence-electron chi connectivity index (χ0n) is 12.3. The summed E-state index contributed by atoms with van der Waals surface area (Å²) in [6, 6.07) is 3.00. The second-order valence-electron chi connectivity index (χ2n) is 5.96. The van der Waals surface area contributed by atoms with Crippen LogP contribution in [0.15, 0.2) is 12.1 Å². The highest BCUT2D eigenvalue weighted by Crippen LogP contribution is 2.41. The van der Waals surface area contributed by atoms with Gasteiger partial charge in [0, 0.05) is 12.5 Å². The maximum Gasteiger partial charge on any atom is 0.270 e. The lowest BCUT2D eigenvalue weighted by Crippen LogP contribution is -2.31.